The highest BCUT2D eigenvalue weighted by atomic mass is 14.9. The molecule has 2 unspecified atom stereocenters. The average molecular weight is 290 g/mol. The van der Waals surface area contributed by atoms with E-state index >= 15 is 0 Å². The molecular formula is C20H35N. The molecule has 0 spiro atoms. The van der Waals surface area contributed by atoms with Crippen LogP contribution in [0, 0.1) is 11.8 Å². The van der Waals surface area contributed by atoms with E-state index in [0.29, 0.717) is 0 Å². The summed E-state index contributed by atoms with van der Waals surface area (Å²) in [7, 11) is 0. The van der Waals surface area contributed by atoms with Crippen molar-refractivity contribution in [1.82, 2.24) is 0 Å². The highest BCUT2D eigenvalue weighted by Crippen LogP contribution is 2.19. The van der Waals surface area contributed by atoms with Crippen molar-refractivity contribution in [3.8, 4) is 0 Å². The van der Waals surface area contributed by atoms with E-state index in [9.17, 15) is 0 Å². The minimum Gasteiger partial charge on any atom is -0.385 e. The van der Waals surface area contributed by atoms with E-state index in [0.717, 1.165) is 18.4 Å². The fraction of sp³-hybridized carbons (Fsp3) is 0.700. The second-order valence-corrected chi connectivity index (χ2v) is 6.72. The molecule has 0 heterocycles. The molecule has 0 radical (unpaired) electrons. The maximum Gasteiger partial charge on any atom is 0.0340 e. The van der Waals surface area contributed by atoms with Gasteiger partial charge in [-0.2, -0.15) is 0 Å². The summed E-state index contributed by atoms with van der Waals surface area (Å²) in [4.78, 5) is 0. The topological polar surface area (TPSA) is 12.0 Å². The van der Waals surface area contributed by atoms with E-state index in [2.05, 4.69) is 56.4 Å². The molecule has 1 heteroatoms. The van der Waals surface area contributed by atoms with E-state index in [4.69, 9.17) is 0 Å². The molecule has 0 amide bonds. The predicted molar refractivity (Wildman–Crippen MR) is 95.9 cm³/mol. The highest BCUT2D eigenvalue weighted by molar-refractivity contribution is 5.42. The third kappa shape index (κ3) is 9.55. The number of anilines is 1. The Bertz CT molecular complexity index is 333. The molecule has 1 nitrogen and oxygen atoms in total. The van der Waals surface area contributed by atoms with Gasteiger partial charge in [0.2, 0.25) is 0 Å². The molecule has 1 N–H and O–H groups in total. The number of para-hydroxylation sites is 1. The molecule has 1 aromatic carbocycles. The Balaban J connectivity index is 1.99. The Kier molecular flexibility index (Phi) is 10.0. The van der Waals surface area contributed by atoms with Crippen LogP contribution in [0.3, 0.4) is 0 Å². The van der Waals surface area contributed by atoms with Crippen LogP contribution < -0.4 is 5.32 Å². The van der Waals surface area contributed by atoms with Crippen molar-refractivity contribution in [2.75, 3.05) is 11.9 Å². The predicted octanol–water partition coefficient (Wildman–Crippen LogP) is 6.51. The Hall–Kier alpha value is -0.980. The summed E-state index contributed by atoms with van der Waals surface area (Å²) in [6.07, 6.45) is 11.1. The first-order valence-electron chi connectivity index (χ1n) is 9.01. The Morgan fingerprint density at radius 3 is 2.10 bits per heavy atom. The van der Waals surface area contributed by atoms with Gasteiger partial charge in [0.25, 0.3) is 0 Å². The molecule has 21 heavy (non-hydrogen) atoms. The second kappa shape index (κ2) is 11.7. The molecule has 1 rings (SSSR count). The van der Waals surface area contributed by atoms with Crippen LogP contribution in [0.25, 0.3) is 0 Å². The van der Waals surface area contributed by atoms with Gasteiger partial charge < -0.3 is 5.32 Å². The van der Waals surface area contributed by atoms with Crippen molar-refractivity contribution in [2.24, 2.45) is 11.8 Å². The van der Waals surface area contributed by atoms with Crippen molar-refractivity contribution in [3.63, 3.8) is 0 Å². The van der Waals surface area contributed by atoms with Crippen LogP contribution >= 0.6 is 0 Å². The maximum atomic E-state index is 3.51. The second-order valence-electron chi connectivity index (χ2n) is 6.72. The number of hydrogen-bond donors (Lipinski definition) is 1. The van der Waals surface area contributed by atoms with Gasteiger partial charge in [-0.1, -0.05) is 83.9 Å². The van der Waals surface area contributed by atoms with Gasteiger partial charge in [-0.05, 0) is 30.4 Å². The van der Waals surface area contributed by atoms with Crippen LogP contribution in [-0.2, 0) is 0 Å². The van der Waals surface area contributed by atoms with Gasteiger partial charge in [-0.15, -0.1) is 0 Å². The molecule has 0 aliphatic heterocycles. The van der Waals surface area contributed by atoms with Crippen molar-refractivity contribution in [1.29, 1.82) is 0 Å². The lowest BCUT2D eigenvalue weighted by atomic mass is 9.93. The van der Waals surface area contributed by atoms with Crippen LogP contribution in [-0.4, -0.2) is 6.54 Å². The molecular weight excluding hydrogens is 254 g/mol. The minimum absolute atomic E-state index is 0.837. The number of rotatable bonds is 12. The lowest BCUT2D eigenvalue weighted by Gasteiger charge is -2.15. The van der Waals surface area contributed by atoms with Crippen LogP contribution in [0.4, 0.5) is 5.69 Å². The summed E-state index contributed by atoms with van der Waals surface area (Å²) in [5.41, 5.74) is 1.24. The van der Waals surface area contributed by atoms with E-state index < -0.39 is 0 Å². The van der Waals surface area contributed by atoms with Crippen LogP contribution in [0.2, 0.25) is 0 Å². The number of nitrogens with one attached hydrogen (secondary N) is 1. The largest absolute Gasteiger partial charge is 0.385 e. The summed E-state index contributed by atoms with van der Waals surface area (Å²) in [6.45, 7) is 8.21. The lowest BCUT2D eigenvalue weighted by molar-refractivity contribution is 0.405. The van der Waals surface area contributed by atoms with Crippen molar-refractivity contribution in [2.45, 2.75) is 72.1 Å². The smallest absolute Gasteiger partial charge is 0.0340 e. The third-order valence-electron chi connectivity index (χ3n) is 4.43. The zero-order valence-corrected chi connectivity index (χ0v) is 14.4. The van der Waals surface area contributed by atoms with E-state index in [1.54, 1.807) is 0 Å². The van der Waals surface area contributed by atoms with E-state index in [1.807, 2.05) is 0 Å². The summed E-state index contributed by atoms with van der Waals surface area (Å²) in [6, 6.07) is 10.5. The molecule has 0 fully saturated rings. The molecule has 120 valence electrons. The Morgan fingerprint density at radius 1 is 0.810 bits per heavy atom. The van der Waals surface area contributed by atoms with Gasteiger partial charge in [-0.3, -0.25) is 0 Å². The van der Waals surface area contributed by atoms with Gasteiger partial charge in [-0.25, -0.2) is 0 Å². The van der Waals surface area contributed by atoms with Crippen LogP contribution in [0.5, 0.6) is 0 Å². The molecule has 0 aliphatic carbocycles. The Labute approximate surface area is 132 Å². The molecule has 0 aromatic heterocycles. The van der Waals surface area contributed by atoms with E-state index in [-0.39, 0.29) is 0 Å². The summed E-state index contributed by atoms with van der Waals surface area (Å²) in [5.74, 6) is 1.76. The maximum absolute atomic E-state index is 3.51. The minimum atomic E-state index is 0.837. The number of benzene rings is 1. The molecule has 1 aromatic rings. The first-order valence-corrected chi connectivity index (χ1v) is 9.01. The van der Waals surface area contributed by atoms with Crippen molar-refractivity contribution >= 4 is 5.69 Å². The SMILES string of the molecule is CCCCCC(C)CCCC(C)CCNc1ccccc1. The standard InChI is InChI=1S/C20H35N/c1-4-5-7-11-18(2)12-10-13-19(3)16-17-21-20-14-8-6-9-15-20/h6,8-9,14-15,18-19,21H,4-5,7,10-13,16-17H2,1-3H3. The van der Waals surface area contributed by atoms with E-state index in [1.165, 1.54) is 57.1 Å². The average Bonchev–Trinajstić information content (AvgIpc) is 2.48. The van der Waals surface area contributed by atoms with Gasteiger partial charge >= 0.3 is 0 Å². The van der Waals surface area contributed by atoms with Crippen molar-refractivity contribution < 1.29 is 0 Å². The molecule has 2 atom stereocenters. The van der Waals surface area contributed by atoms with Gasteiger partial charge in [0.05, 0.1) is 0 Å². The number of hydrogen-bond acceptors (Lipinski definition) is 1. The first-order chi connectivity index (χ1) is 10.2. The van der Waals surface area contributed by atoms with Crippen LogP contribution in [0.1, 0.15) is 72.1 Å². The van der Waals surface area contributed by atoms with Gasteiger partial charge in [0, 0.05) is 12.2 Å². The van der Waals surface area contributed by atoms with Gasteiger partial charge in [0.1, 0.15) is 0 Å². The molecule has 0 aliphatic rings. The van der Waals surface area contributed by atoms with Crippen molar-refractivity contribution in [3.05, 3.63) is 30.3 Å². The normalized spacial score (nSPS) is 13.9. The highest BCUT2D eigenvalue weighted by Gasteiger charge is 2.05. The fourth-order valence-electron chi connectivity index (χ4n) is 2.87. The lowest BCUT2D eigenvalue weighted by Crippen LogP contribution is -2.07. The molecule has 0 saturated carbocycles. The van der Waals surface area contributed by atoms with Crippen LogP contribution in [0.15, 0.2) is 30.3 Å². The molecule has 0 bridgehead atoms. The zero-order valence-electron chi connectivity index (χ0n) is 14.4. The fourth-order valence-corrected chi connectivity index (χ4v) is 2.87. The van der Waals surface area contributed by atoms with Gasteiger partial charge in [0.15, 0.2) is 0 Å². The summed E-state index contributed by atoms with van der Waals surface area (Å²) < 4.78 is 0. The first kappa shape index (κ1) is 18.1. The summed E-state index contributed by atoms with van der Waals surface area (Å²) in [5, 5.41) is 3.51. The Morgan fingerprint density at radius 2 is 1.43 bits per heavy atom. The third-order valence-corrected chi connectivity index (χ3v) is 4.43. The summed E-state index contributed by atoms with van der Waals surface area (Å²) >= 11 is 0. The zero-order chi connectivity index (χ0) is 15.3. The number of unbranched alkanes of at least 4 members (excludes halogenated alkanes) is 2. The molecule has 0 saturated heterocycles. The quantitative estimate of drug-likeness (QED) is 0.432. The monoisotopic (exact) mass is 289 g/mol.